The number of amides is 1. The topological polar surface area (TPSA) is 98.0 Å². The molecular weight excluding hydrogens is 260 g/mol. The molecule has 0 aliphatic carbocycles. The van der Waals surface area contributed by atoms with Crippen LogP contribution in [-0.2, 0) is 6.42 Å². The van der Waals surface area contributed by atoms with Crippen LogP contribution in [0.4, 0.5) is 5.69 Å². The van der Waals surface area contributed by atoms with Gasteiger partial charge in [-0.25, -0.2) is 9.97 Å². The summed E-state index contributed by atoms with van der Waals surface area (Å²) >= 11 is 0. The zero-order valence-corrected chi connectivity index (χ0v) is 10.5. The average molecular weight is 272 g/mol. The second kappa shape index (κ2) is 6.37. The van der Waals surface area contributed by atoms with Gasteiger partial charge in [-0.2, -0.15) is 0 Å². The summed E-state index contributed by atoms with van der Waals surface area (Å²) in [4.78, 5) is 29.7. The molecule has 7 nitrogen and oxygen atoms in total. The van der Waals surface area contributed by atoms with E-state index < -0.39 is 4.92 Å². The van der Waals surface area contributed by atoms with Crippen LogP contribution in [0.5, 0.6) is 0 Å². The quantitative estimate of drug-likeness (QED) is 0.654. The monoisotopic (exact) mass is 272 g/mol. The van der Waals surface area contributed by atoms with Gasteiger partial charge in [0.15, 0.2) is 0 Å². The minimum atomic E-state index is -0.530. The van der Waals surface area contributed by atoms with Crippen LogP contribution in [-0.4, -0.2) is 27.3 Å². The van der Waals surface area contributed by atoms with E-state index in [0.29, 0.717) is 13.0 Å². The van der Waals surface area contributed by atoms with E-state index in [1.807, 2.05) is 0 Å². The average Bonchev–Trinajstić information content (AvgIpc) is 2.48. The number of nitro groups is 1. The van der Waals surface area contributed by atoms with Crippen molar-refractivity contribution in [3.05, 3.63) is 64.2 Å². The first-order valence-electron chi connectivity index (χ1n) is 5.93. The van der Waals surface area contributed by atoms with Gasteiger partial charge in [0.05, 0.1) is 4.92 Å². The van der Waals surface area contributed by atoms with Gasteiger partial charge < -0.3 is 5.32 Å². The Kier molecular flexibility index (Phi) is 4.33. The maximum atomic E-state index is 11.8. The number of hydrogen-bond acceptors (Lipinski definition) is 5. The minimum absolute atomic E-state index is 0.103. The Morgan fingerprint density at radius 3 is 2.75 bits per heavy atom. The summed E-state index contributed by atoms with van der Waals surface area (Å²) in [6.07, 6.45) is 5.38. The second-order valence-corrected chi connectivity index (χ2v) is 4.06. The van der Waals surface area contributed by atoms with E-state index >= 15 is 0 Å². The van der Waals surface area contributed by atoms with Crippen molar-refractivity contribution in [1.29, 1.82) is 0 Å². The molecule has 0 saturated carbocycles. The van der Waals surface area contributed by atoms with Crippen molar-refractivity contribution in [3.8, 4) is 0 Å². The van der Waals surface area contributed by atoms with E-state index in [2.05, 4.69) is 15.3 Å². The number of non-ortho nitro benzene ring substituents is 1. The molecule has 0 aliphatic heterocycles. The summed E-state index contributed by atoms with van der Waals surface area (Å²) in [6, 6.07) is 5.62. The number of benzene rings is 1. The van der Waals surface area contributed by atoms with Gasteiger partial charge in [0.25, 0.3) is 11.6 Å². The summed E-state index contributed by atoms with van der Waals surface area (Å²) in [5.41, 5.74) is 1.07. The number of hydrogen-bond donors (Lipinski definition) is 1. The van der Waals surface area contributed by atoms with E-state index in [9.17, 15) is 14.9 Å². The lowest BCUT2D eigenvalue weighted by Gasteiger charge is -2.04. The zero-order chi connectivity index (χ0) is 14.4. The fraction of sp³-hybridized carbons (Fsp3) is 0.154. The van der Waals surface area contributed by atoms with Gasteiger partial charge in [0.2, 0.25) is 0 Å². The molecule has 1 amide bonds. The fourth-order valence-electron chi connectivity index (χ4n) is 1.64. The lowest BCUT2D eigenvalue weighted by molar-refractivity contribution is -0.384. The molecule has 1 heterocycles. The molecule has 0 bridgehead atoms. The highest BCUT2D eigenvalue weighted by Gasteiger charge is 2.10. The van der Waals surface area contributed by atoms with E-state index in [0.717, 1.165) is 5.56 Å². The number of rotatable bonds is 5. The minimum Gasteiger partial charge on any atom is -0.352 e. The second-order valence-electron chi connectivity index (χ2n) is 4.06. The highest BCUT2D eigenvalue weighted by Crippen LogP contribution is 2.12. The van der Waals surface area contributed by atoms with Gasteiger partial charge in [0, 0.05) is 36.6 Å². The molecule has 0 aliphatic rings. The molecule has 0 atom stereocenters. The predicted molar refractivity (Wildman–Crippen MR) is 71.2 cm³/mol. The standard InChI is InChI=1S/C13H12N4O3/c18-13(11-2-1-3-12(6-11)17(19)20)16-5-4-10-7-14-9-15-8-10/h1-3,6-9H,4-5H2,(H,16,18). The first-order chi connectivity index (χ1) is 9.66. The highest BCUT2D eigenvalue weighted by molar-refractivity contribution is 5.94. The molecular formula is C13H12N4O3. The molecule has 0 fully saturated rings. The Morgan fingerprint density at radius 1 is 1.30 bits per heavy atom. The number of nitrogens with one attached hydrogen (secondary N) is 1. The van der Waals surface area contributed by atoms with Crippen LogP contribution in [0.3, 0.4) is 0 Å². The van der Waals surface area contributed by atoms with Crippen LogP contribution >= 0.6 is 0 Å². The van der Waals surface area contributed by atoms with Crippen LogP contribution in [0.2, 0.25) is 0 Å². The molecule has 7 heteroatoms. The van der Waals surface area contributed by atoms with Crippen molar-refractivity contribution >= 4 is 11.6 Å². The molecule has 2 aromatic rings. The molecule has 0 radical (unpaired) electrons. The lowest BCUT2D eigenvalue weighted by atomic mass is 10.2. The molecule has 0 spiro atoms. The van der Waals surface area contributed by atoms with E-state index in [4.69, 9.17) is 0 Å². The number of nitrogens with zero attached hydrogens (tertiary/aromatic N) is 3. The number of nitro benzene ring substituents is 1. The summed E-state index contributed by atoms with van der Waals surface area (Å²) < 4.78 is 0. The molecule has 102 valence electrons. The van der Waals surface area contributed by atoms with Crippen LogP contribution in [0.25, 0.3) is 0 Å². The molecule has 2 rings (SSSR count). The first-order valence-corrected chi connectivity index (χ1v) is 5.93. The third-order valence-electron chi connectivity index (χ3n) is 2.63. The number of aromatic nitrogens is 2. The molecule has 0 unspecified atom stereocenters. The smallest absolute Gasteiger partial charge is 0.270 e. The van der Waals surface area contributed by atoms with Crippen molar-refractivity contribution in [2.75, 3.05) is 6.54 Å². The first kappa shape index (κ1) is 13.6. The third kappa shape index (κ3) is 3.58. The molecule has 20 heavy (non-hydrogen) atoms. The van der Waals surface area contributed by atoms with Gasteiger partial charge in [0.1, 0.15) is 6.33 Å². The van der Waals surface area contributed by atoms with Crippen molar-refractivity contribution in [2.24, 2.45) is 0 Å². The van der Waals surface area contributed by atoms with Gasteiger partial charge in [-0.15, -0.1) is 0 Å². The van der Waals surface area contributed by atoms with Gasteiger partial charge in [-0.1, -0.05) is 6.07 Å². The third-order valence-corrected chi connectivity index (χ3v) is 2.63. The number of carbonyl (C=O) groups excluding carboxylic acids is 1. The zero-order valence-electron chi connectivity index (χ0n) is 10.5. The highest BCUT2D eigenvalue weighted by atomic mass is 16.6. The molecule has 1 aromatic heterocycles. The Hall–Kier alpha value is -2.83. The molecule has 0 saturated heterocycles. The Morgan fingerprint density at radius 2 is 2.05 bits per heavy atom. The van der Waals surface area contributed by atoms with Crippen LogP contribution < -0.4 is 5.32 Å². The van der Waals surface area contributed by atoms with Gasteiger partial charge in [-0.05, 0) is 18.1 Å². The van der Waals surface area contributed by atoms with Crippen molar-refractivity contribution in [3.63, 3.8) is 0 Å². The molecule has 1 aromatic carbocycles. The largest absolute Gasteiger partial charge is 0.352 e. The van der Waals surface area contributed by atoms with Crippen molar-refractivity contribution in [1.82, 2.24) is 15.3 Å². The van der Waals surface area contributed by atoms with Crippen molar-refractivity contribution < 1.29 is 9.72 Å². The maximum absolute atomic E-state index is 11.8. The molecule has 1 N–H and O–H groups in total. The Balaban J connectivity index is 1.92. The summed E-state index contributed by atoms with van der Waals surface area (Å²) in [5, 5.41) is 13.3. The van der Waals surface area contributed by atoms with Gasteiger partial charge in [-0.3, -0.25) is 14.9 Å². The maximum Gasteiger partial charge on any atom is 0.270 e. The van der Waals surface area contributed by atoms with Crippen LogP contribution in [0.15, 0.2) is 43.0 Å². The van der Waals surface area contributed by atoms with Crippen LogP contribution in [0.1, 0.15) is 15.9 Å². The van der Waals surface area contributed by atoms with Gasteiger partial charge >= 0.3 is 0 Å². The van der Waals surface area contributed by atoms with E-state index in [1.54, 1.807) is 12.4 Å². The normalized spacial score (nSPS) is 10.0. The number of carbonyl (C=O) groups is 1. The lowest BCUT2D eigenvalue weighted by Crippen LogP contribution is -2.25. The van der Waals surface area contributed by atoms with E-state index in [-0.39, 0.29) is 17.2 Å². The summed E-state index contributed by atoms with van der Waals surface area (Å²) in [6.45, 7) is 0.412. The van der Waals surface area contributed by atoms with Crippen LogP contribution in [0, 0.1) is 10.1 Å². The summed E-state index contributed by atoms with van der Waals surface area (Å²) in [5.74, 6) is -0.342. The van der Waals surface area contributed by atoms with E-state index in [1.165, 1.54) is 30.6 Å². The summed E-state index contributed by atoms with van der Waals surface area (Å²) in [7, 11) is 0. The SMILES string of the molecule is O=C(NCCc1cncnc1)c1cccc([N+](=O)[O-])c1. The Bertz CT molecular complexity index is 616. The predicted octanol–water partition coefficient (Wildman–Crippen LogP) is 1.36. The Labute approximate surface area is 114 Å². The fourth-order valence-corrected chi connectivity index (χ4v) is 1.64. The van der Waals surface area contributed by atoms with Crippen molar-refractivity contribution in [2.45, 2.75) is 6.42 Å².